The number of aryl methyl sites for hydroxylation is 1. The summed E-state index contributed by atoms with van der Waals surface area (Å²) in [6, 6.07) is 3.23. The van der Waals surface area contributed by atoms with Crippen LogP contribution in [0.25, 0.3) is 10.1 Å². The summed E-state index contributed by atoms with van der Waals surface area (Å²) in [5, 5.41) is 0.204. The Morgan fingerprint density at radius 2 is 1.71 bits per heavy atom. The predicted octanol–water partition coefficient (Wildman–Crippen LogP) is 3.62. The summed E-state index contributed by atoms with van der Waals surface area (Å²) in [5.74, 6) is -3.44. The van der Waals surface area contributed by atoms with Crippen molar-refractivity contribution in [2.75, 3.05) is 19.4 Å². The molecule has 0 aliphatic heterocycles. The first-order valence-electron chi connectivity index (χ1n) is 10.1. The smallest absolute Gasteiger partial charge is 0.492 e. The molecule has 0 saturated heterocycles. The molecule has 1 heterocycles. The molecule has 0 aliphatic carbocycles. The van der Waals surface area contributed by atoms with Gasteiger partial charge in [0.15, 0.2) is 0 Å². The second-order valence-corrected chi connectivity index (χ2v) is 14.2. The van der Waals surface area contributed by atoms with E-state index in [-0.39, 0.29) is 46.7 Å². The Morgan fingerprint density at radius 1 is 1.08 bits per heavy atom. The quantitative estimate of drug-likeness (QED) is 0.226. The molecule has 0 aliphatic rings. The first-order chi connectivity index (χ1) is 17.4. The Kier molecular flexibility index (Phi) is 8.48. The molecular weight excluding hydrogens is 606 g/mol. The van der Waals surface area contributed by atoms with E-state index in [1.165, 1.54) is 13.0 Å². The van der Waals surface area contributed by atoms with Gasteiger partial charge in [0, 0.05) is 24.1 Å². The molecule has 0 spiro atoms. The Hall–Kier alpha value is -2.34. The van der Waals surface area contributed by atoms with Crippen molar-refractivity contribution < 1.29 is 57.5 Å². The summed E-state index contributed by atoms with van der Waals surface area (Å²) >= 11 is 0.536. The Balaban J connectivity index is 1.81. The molecule has 10 nitrogen and oxygen atoms in total. The third-order valence-electron chi connectivity index (χ3n) is 4.75. The molecule has 1 unspecified atom stereocenters. The lowest BCUT2D eigenvalue weighted by atomic mass is 10.2. The fraction of sp³-hybridized carbons (Fsp3) is 0.263. The molecular formula is C19H18F5N2O8PS3. The zero-order valence-corrected chi connectivity index (χ0v) is 22.3. The number of alkyl halides is 3. The van der Waals surface area contributed by atoms with E-state index in [1.807, 2.05) is 4.72 Å². The summed E-state index contributed by atoms with van der Waals surface area (Å²) in [6.07, 6.45) is -1.28. The zero-order chi connectivity index (χ0) is 28.7. The van der Waals surface area contributed by atoms with E-state index in [2.05, 4.69) is 4.52 Å². The van der Waals surface area contributed by atoms with Crippen LogP contribution in [-0.4, -0.2) is 46.7 Å². The molecule has 38 heavy (non-hydrogen) atoms. The van der Waals surface area contributed by atoms with Gasteiger partial charge < -0.3 is 19.9 Å². The van der Waals surface area contributed by atoms with Crippen LogP contribution in [0.1, 0.15) is 5.56 Å². The molecule has 0 bridgehead atoms. The Bertz CT molecular complexity index is 1640. The van der Waals surface area contributed by atoms with Gasteiger partial charge in [0.1, 0.15) is 45.1 Å². The number of ether oxygens (including phenoxy) is 1. The van der Waals surface area contributed by atoms with E-state index >= 15 is 0 Å². The summed E-state index contributed by atoms with van der Waals surface area (Å²) in [5.41, 5.74) is -0.354. The summed E-state index contributed by atoms with van der Waals surface area (Å²) in [6.45, 7) is 1.60. The van der Waals surface area contributed by atoms with Crippen LogP contribution in [0.4, 0.5) is 22.0 Å². The van der Waals surface area contributed by atoms with Gasteiger partial charge in [-0.05, 0) is 30.7 Å². The monoisotopic (exact) mass is 624 g/mol. The summed E-state index contributed by atoms with van der Waals surface area (Å²) in [4.78, 5) is 8.26. The van der Waals surface area contributed by atoms with Crippen LogP contribution in [0.15, 0.2) is 39.4 Å². The van der Waals surface area contributed by atoms with Crippen LogP contribution in [0.3, 0.4) is 0 Å². The second-order valence-electron chi connectivity index (χ2n) is 7.51. The van der Waals surface area contributed by atoms with Gasteiger partial charge in [0.25, 0.3) is 19.9 Å². The number of nitrogens with two attached hydrogens (primary N) is 1. The lowest BCUT2D eigenvalue weighted by Crippen LogP contribution is -2.25. The average Bonchev–Trinajstić information content (AvgIpc) is 3.13. The van der Waals surface area contributed by atoms with E-state index in [9.17, 15) is 48.2 Å². The fourth-order valence-corrected chi connectivity index (χ4v) is 8.15. The maximum absolute atomic E-state index is 14.5. The highest BCUT2D eigenvalue weighted by Crippen LogP contribution is 2.44. The van der Waals surface area contributed by atoms with E-state index in [4.69, 9.17) is 10.5 Å². The van der Waals surface area contributed by atoms with Crippen molar-refractivity contribution in [2.45, 2.75) is 21.5 Å². The van der Waals surface area contributed by atoms with Crippen molar-refractivity contribution in [1.29, 1.82) is 0 Å². The summed E-state index contributed by atoms with van der Waals surface area (Å²) in [7, 11) is -15.5. The molecule has 0 amide bonds. The molecule has 1 atom stereocenters. The van der Waals surface area contributed by atoms with Crippen LogP contribution in [0.5, 0.6) is 11.5 Å². The second kappa shape index (κ2) is 10.7. The van der Waals surface area contributed by atoms with Gasteiger partial charge in [-0.3, -0.25) is 0 Å². The number of fused-ring (bicyclic) bond motifs is 1. The van der Waals surface area contributed by atoms with E-state index in [0.717, 1.165) is 6.07 Å². The van der Waals surface area contributed by atoms with Crippen LogP contribution in [-0.2, 0) is 24.4 Å². The maximum Gasteiger partial charge on any atom is 0.502 e. The molecule has 0 fully saturated rings. The van der Waals surface area contributed by atoms with Gasteiger partial charge in [-0.15, -0.1) is 11.3 Å². The Labute approximate surface area is 216 Å². The van der Waals surface area contributed by atoms with E-state index in [0.29, 0.717) is 17.4 Å². The first kappa shape index (κ1) is 30.2. The third-order valence-corrected chi connectivity index (χ3v) is 10.9. The highest BCUT2D eigenvalue weighted by atomic mass is 32.2. The normalized spacial score (nSPS) is 14.4. The van der Waals surface area contributed by atoms with Gasteiger partial charge in [-0.1, -0.05) is 0 Å². The van der Waals surface area contributed by atoms with Crippen molar-refractivity contribution in [3.63, 3.8) is 0 Å². The van der Waals surface area contributed by atoms with Crippen molar-refractivity contribution in [3.05, 3.63) is 47.5 Å². The highest BCUT2D eigenvalue weighted by molar-refractivity contribution is 7.92. The molecule has 3 aromatic rings. The van der Waals surface area contributed by atoms with Gasteiger partial charge in [0.2, 0.25) is 0 Å². The number of rotatable bonds is 10. The van der Waals surface area contributed by atoms with E-state index < -0.39 is 65.7 Å². The molecule has 0 radical (unpaired) electrons. The minimum absolute atomic E-state index is 0.0317. The van der Waals surface area contributed by atoms with Crippen molar-refractivity contribution in [3.8, 4) is 11.5 Å². The SMILES string of the molecule is Cc1c(S(=O)(=O)NCP(=O)(O)Oc2ccc(S(=O)(=O)C(F)(F)F)c(F)c2)sc2c(F)cc(OCCN)cc12. The van der Waals surface area contributed by atoms with Crippen molar-refractivity contribution >= 4 is 48.9 Å². The van der Waals surface area contributed by atoms with Crippen LogP contribution >= 0.6 is 18.9 Å². The third kappa shape index (κ3) is 6.27. The molecule has 0 saturated carbocycles. The number of halogens is 5. The topological polar surface area (TPSA) is 162 Å². The highest BCUT2D eigenvalue weighted by Gasteiger charge is 2.48. The van der Waals surface area contributed by atoms with E-state index in [1.54, 1.807) is 0 Å². The van der Waals surface area contributed by atoms with Crippen LogP contribution < -0.4 is 19.7 Å². The van der Waals surface area contributed by atoms with Gasteiger partial charge in [-0.2, -0.15) is 17.9 Å². The number of sulfonamides is 1. The number of hydrogen-bond donors (Lipinski definition) is 3. The maximum atomic E-state index is 14.5. The fourth-order valence-electron chi connectivity index (χ4n) is 3.06. The first-order valence-corrected chi connectivity index (χ1v) is 15.6. The number of nitrogens with one attached hydrogen (secondary N) is 1. The largest absolute Gasteiger partial charge is 0.502 e. The minimum Gasteiger partial charge on any atom is -0.492 e. The number of sulfone groups is 1. The number of thiophene rings is 1. The standard InChI is InChI=1S/C19H18F5N2O8PS3/c1-10-13-6-12(33-5-4-25)8-15(21)17(13)36-18(10)38(31,32)26-9-35(27,28)34-11-2-3-16(14(20)7-11)37(29,30)19(22,23)24/h2-3,6-8,26H,4-5,9,25H2,1H3,(H,27,28). The molecule has 1 aromatic heterocycles. The predicted molar refractivity (Wildman–Crippen MR) is 126 cm³/mol. The molecule has 4 N–H and O–H groups in total. The lowest BCUT2D eigenvalue weighted by molar-refractivity contribution is -0.0437. The lowest BCUT2D eigenvalue weighted by Gasteiger charge is -2.15. The summed E-state index contributed by atoms with van der Waals surface area (Å²) < 4.78 is 138. The number of hydrogen-bond acceptors (Lipinski definition) is 9. The zero-order valence-electron chi connectivity index (χ0n) is 19.0. The van der Waals surface area contributed by atoms with Crippen LogP contribution in [0, 0.1) is 18.6 Å². The van der Waals surface area contributed by atoms with Gasteiger partial charge in [0.05, 0.1) is 4.70 Å². The van der Waals surface area contributed by atoms with Crippen molar-refractivity contribution in [2.24, 2.45) is 5.73 Å². The average molecular weight is 625 g/mol. The van der Waals surface area contributed by atoms with Crippen LogP contribution in [0.2, 0.25) is 0 Å². The van der Waals surface area contributed by atoms with Gasteiger partial charge in [-0.25, -0.2) is 30.2 Å². The molecule has 210 valence electrons. The van der Waals surface area contributed by atoms with Crippen molar-refractivity contribution in [1.82, 2.24) is 4.72 Å². The minimum atomic E-state index is -6.05. The molecule has 19 heteroatoms. The van der Waals surface area contributed by atoms with Gasteiger partial charge >= 0.3 is 13.1 Å². The number of benzene rings is 2. The molecule has 2 aromatic carbocycles. The molecule has 3 rings (SSSR count). The Morgan fingerprint density at radius 3 is 2.29 bits per heavy atom.